The van der Waals surface area contributed by atoms with Gasteiger partial charge in [0, 0.05) is 36.6 Å². The van der Waals surface area contributed by atoms with Crippen molar-refractivity contribution in [3.63, 3.8) is 0 Å². The Morgan fingerprint density at radius 1 is 1.11 bits per heavy atom. The molecule has 0 radical (unpaired) electrons. The molecule has 0 saturated carbocycles. The zero-order valence-electron chi connectivity index (χ0n) is 15.1. The summed E-state index contributed by atoms with van der Waals surface area (Å²) in [6, 6.07) is 8.06. The quantitative estimate of drug-likeness (QED) is 0.608. The number of hydrogen-bond donors (Lipinski definition) is 2. The lowest BCUT2D eigenvalue weighted by atomic mass is 9.85. The van der Waals surface area contributed by atoms with Crippen LogP contribution in [0, 0.1) is 11.8 Å². The molecule has 2 atom stereocenters. The summed E-state index contributed by atoms with van der Waals surface area (Å²) >= 11 is 0. The van der Waals surface area contributed by atoms with Crippen LogP contribution in [0.3, 0.4) is 0 Å². The SMILES string of the molecule is O=C(CCN1C(=O)[C@@H]2CC=CC[C@H]2C1=O)NCCc1c[nH]c2ccccc12. The smallest absolute Gasteiger partial charge is 0.233 e. The van der Waals surface area contributed by atoms with Gasteiger partial charge in [0.05, 0.1) is 11.8 Å². The summed E-state index contributed by atoms with van der Waals surface area (Å²) in [7, 11) is 0. The number of aromatic amines is 1. The number of amides is 3. The van der Waals surface area contributed by atoms with Crippen LogP contribution in [0.1, 0.15) is 24.8 Å². The van der Waals surface area contributed by atoms with Gasteiger partial charge in [-0.3, -0.25) is 19.3 Å². The number of fused-ring (bicyclic) bond motifs is 2. The average Bonchev–Trinajstić information content (AvgIpc) is 3.20. The number of imide groups is 1. The molecule has 2 aromatic rings. The summed E-state index contributed by atoms with van der Waals surface area (Å²) in [5.41, 5.74) is 2.24. The van der Waals surface area contributed by atoms with E-state index in [0.717, 1.165) is 22.9 Å². The molecule has 1 aromatic carbocycles. The number of likely N-dealkylation sites (tertiary alicyclic amines) is 1. The minimum absolute atomic E-state index is 0.124. The first-order valence-electron chi connectivity index (χ1n) is 9.47. The molecule has 2 aliphatic rings. The zero-order valence-corrected chi connectivity index (χ0v) is 15.1. The molecule has 2 heterocycles. The third-order valence-corrected chi connectivity index (χ3v) is 5.55. The first kappa shape index (κ1) is 17.5. The first-order valence-corrected chi connectivity index (χ1v) is 9.47. The van der Waals surface area contributed by atoms with Gasteiger partial charge in [-0.05, 0) is 30.9 Å². The maximum absolute atomic E-state index is 12.4. The van der Waals surface area contributed by atoms with Crippen molar-refractivity contribution in [1.29, 1.82) is 0 Å². The molecule has 1 aliphatic carbocycles. The molecule has 27 heavy (non-hydrogen) atoms. The summed E-state index contributed by atoms with van der Waals surface area (Å²) in [4.78, 5) is 41.4. The highest BCUT2D eigenvalue weighted by Gasteiger charge is 2.46. The van der Waals surface area contributed by atoms with Crippen LogP contribution < -0.4 is 5.32 Å². The van der Waals surface area contributed by atoms with Gasteiger partial charge in [0.15, 0.2) is 0 Å². The van der Waals surface area contributed by atoms with Crippen LogP contribution in [0.15, 0.2) is 42.6 Å². The van der Waals surface area contributed by atoms with Crippen molar-refractivity contribution in [1.82, 2.24) is 15.2 Å². The predicted molar refractivity (Wildman–Crippen MR) is 102 cm³/mol. The third-order valence-electron chi connectivity index (χ3n) is 5.55. The van der Waals surface area contributed by atoms with Gasteiger partial charge >= 0.3 is 0 Å². The van der Waals surface area contributed by atoms with Crippen molar-refractivity contribution >= 4 is 28.6 Å². The molecule has 1 fully saturated rings. The standard InChI is InChI=1S/C21H23N3O3/c25-19(22-11-9-14-13-23-18-8-4-3-5-15(14)18)10-12-24-20(26)16-6-1-2-7-17(16)21(24)27/h1-5,8,13,16-17,23H,6-7,9-12H2,(H,22,25)/t16-,17-/m1/s1. The van der Waals surface area contributed by atoms with E-state index < -0.39 is 0 Å². The third kappa shape index (κ3) is 3.39. The number of carbonyl (C=O) groups is 3. The fourth-order valence-electron chi connectivity index (χ4n) is 4.07. The number of rotatable bonds is 6. The zero-order chi connectivity index (χ0) is 18.8. The normalized spacial score (nSPS) is 21.7. The Kier molecular flexibility index (Phi) is 4.79. The van der Waals surface area contributed by atoms with Gasteiger partial charge < -0.3 is 10.3 Å². The summed E-state index contributed by atoms with van der Waals surface area (Å²) in [5, 5.41) is 4.05. The lowest BCUT2D eigenvalue weighted by molar-refractivity contribution is -0.140. The Bertz CT molecular complexity index is 888. The first-order chi connectivity index (χ1) is 13.1. The van der Waals surface area contributed by atoms with E-state index in [2.05, 4.69) is 16.4 Å². The van der Waals surface area contributed by atoms with E-state index in [-0.39, 0.29) is 42.5 Å². The van der Waals surface area contributed by atoms with Crippen LogP contribution in [0.5, 0.6) is 0 Å². The minimum atomic E-state index is -0.229. The number of nitrogens with one attached hydrogen (secondary N) is 2. The van der Waals surface area contributed by atoms with E-state index in [0.29, 0.717) is 19.4 Å². The maximum atomic E-state index is 12.4. The van der Waals surface area contributed by atoms with Crippen LogP contribution in [-0.2, 0) is 20.8 Å². The maximum Gasteiger partial charge on any atom is 0.233 e. The Hall–Kier alpha value is -2.89. The molecule has 0 bridgehead atoms. The highest BCUT2D eigenvalue weighted by atomic mass is 16.2. The second-order valence-electron chi connectivity index (χ2n) is 7.19. The molecule has 1 aliphatic heterocycles. The van der Waals surface area contributed by atoms with Gasteiger partial charge in [0.1, 0.15) is 0 Å². The van der Waals surface area contributed by atoms with Crippen LogP contribution in [0.2, 0.25) is 0 Å². The van der Waals surface area contributed by atoms with E-state index in [4.69, 9.17) is 0 Å². The fraction of sp³-hybridized carbons (Fsp3) is 0.381. The Morgan fingerprint density at radius 3 is 2.56 bits per heavy atom. The van der Waals surface area contributed by atoms with E-state index in [1.807, 2.05) is 36.5 Å². The number of nitrogens with zero attached hydrogens (tertiary/aromatic N) is 1. The van der Waals surface area contributed by atoms with E-state index in [9.17, 15) is 14.4 Å². The van der Waals surface area contributed by atoms with Crippen molar-refractivity contribution < 1.29 is 14.4 Å². The highest BCUT2D eigenvalue weighted by Crippen LogP contribution is 2.34. The van der Waals surface area contributed by atoms with Crippen LogP contribution in [-0.4, -0.2) is 40.7 Å². The van der Waals surface area contributed by atoms with Gasteiger partial charge in [0.25, 0.3) is 0 Å². The van der Waals surface area contributed by atoms with E-state index in [1.54, 1.807) is 0 Å². The summed E-state index contributed by atoms with van der Waals surface area (Å²) < 4.78 is 0. The molecule has 1 saturated heterocycles. The molecule has 2 N–H and O–H groups in total. The summed E-state index contributed by atoms with van der Waals surface area (Å²) in [6.45, 7) is 0.696. The molecule has 0 spiro atoms. The van der Waals surface area contributed by atoms with Gasteiger partial charge in [-0.1, -0.05) is 30.4 Å². The largest absolute Gasteiger partial charge is 0.361 e. The Balaban J connectivity index is 1.25. The molecule has 0 unspecified atom stereocenters. The van der Waals surface area contributed by atoms with Crippen molar-refractivity contribution in [3.8, 4) is 0 Å². The Labute approximate surface area is 157 Å². The molecular formula is C21H23N3O3. The monoisotopic (exact) mass is 365 g/mol. The molecule has 4 rings (SSSR count). The van der Waals surface area contributed by atoms with Gasteiger partial charge in [0.2, 0.25) is 17.7 Å². The minimum Gasteiger partial charge on any atom is -0.361 e. The Morgan fingerprint density at radius 2 is 1.81 bits per heavy atom. The molecule has 3 amide bonds. The molecule has 140 valence electrons. The molecule has 6 heteroatoms. The lowest BCUT2D eigenvalue weighted by Gasteiger charge is -2.14. The molecule has 6 nitrogen and oxygen atoms in total. The van der Waals surface area contributed by atoms with E-state index in [1.165, 1.54) is 4.90 Å². The number of carbonyl (C=O) groups excluding carboxylic acids is 3. The van der Waals surface area contributed by atoms with Crippen molar-refractivity contribution in [3.05, 3.63) is 48.2 Å². The van der Waals surface area contributed by atoms with Crippen molar-refractivity contribution in [2.45, 2.75) is 25.7 Å². The summed E-state index contributed by atoms with van der Waals surface area (Å²) in [5.74, 6) is -0.842. The highest BCUT2D eigenvalue weighted by molar-refractivity contribution is 6.05. The number of H-pyrrole nitrogens is 1. The lowest BCUT2D eigenvalue weighted by Crippen LogP contribution is -2.35. The second kappa shape index (κ2) is 7.39. The molecular weight excluding hydrogens is 342 g/mol. The van der Waals surface area contributed by atoms with Gasteiger partial charge in [-0.15, -0.1) is 0 Å². The predicted octanol–water partition coefficient (Wildman–Crippen LogP) is 2.17. The topological polar surface area (TPSA) is 82.3 Å². The number of allylic oxidation sites excluding steroid dienone is 2. The number of para-hydroxylation sites is 1. The van der Waals surface area contributed by atoms with Crippen LogP contribution >= 0.6 is 0 Å². The average molecular weight is 365 g/mol. The van der Waals surface area contributed by atoms with Gasteiger partial charge in [-0.2, -0.15) is 0 Å². The number of hydrogen-bond acceptors (Lipinski definition) is 3. The van der Waals surface area contributed by atoms with Crippen LogP contribution in [0.4, 0.5) is 0 Å². The fourth-order valence-corrected chi connectivity index (χ4v) is 4.07. The van der Waals surface area contributed by atoms with Crippen molar-refractivity contribution in [2.24, 2.45) is 11.8 Å². The second-order valence-corrected chi connectivity index (χ2v) is 7.19. The number of benzene rings is 1. The van der Waals surface area contributed by atoms with Crippen molar-refractivity contribution in [2.75, 3.05) is 13.1 Å². The molecule has 1 aromatic heterocycles. The van der Waals surface area contributed by atoms with Gasteiger partial charge in [-0.25, -0.2) is 0 Å². The number of aromatic nitrogens is 1. The van der Waals surface area contributed by atoms with E-state index >= 15 is 0 Å². The van der Waals surface area contributed by atoms with Crippen LogP contribution in [0.25, 0.3) is 10.9 Å². The summed E-state index contributed by atoms with van der Waals surface area (Å²) in [6.07, 6.45) is 8.03.